The van der Waals surface area contributed by atoms with E-state index < -0.39 is 5.82 Å². The Labute approximate surface area is 214 Å². The minimum absolute atomic E-state index is 0.215. The van der Waals surface area contributed by atoms with Crippen molar-refractivity contribution in [3.05, 3.63) is 96.2 Å². The molecule has 1 aliphatic rings. The summed E-state index contributed by atoms with van der Waals surface area (Å²) in [7, 11) is 0. The molecule has 0 bridgehead atoms. The third-order valence-corrected chi connectivity index (χ3v) is 5.28. The Morgan fingerprint density at radius 1 is 0.946 bits per heavy atom. The summed E-state index contributed by atoms with van der Waals surface area (Å²) in [5.74, 6) is 0.315. The maximum absolute atomic E-state index is 14.1. The molecular weight excluding hydrogens is 473 g/mol. The first kappa shape index (κ1) is 25.5. The van der Waals surface area contributed by atoms with Gasteiger partial charge in [0.25, 0.3) is 0 Å². The molecule has 0 saturated carbocycles. The van der Waals surface area contributed by atoms with Crippen molar-refractivity contribution in [3.8, 4) is 5.75 Å². The SMILES string of the molecule is Cc1ccc(Nc2ccc(/C=N/Nc3ncc(F)c(N4CCOCC4)n3)nc2)cc1.Oc1ccccc1. The Kier molecular flexibility index (Phi) is 8.92. The highest BCUT2D eigenvalue weighted by Gasteiger charge is 2.17. The van der Waals surface area contributed by atoms with Crippen LogP contribution in [-0.4, -0.2) is 52.6 Å². The largest absolute Gasteiger partial charge is 0.508 e. The zero-order chi connectivity index (χ0) is 25.9. The summed E-state index contributed by atoms with van der Waals surface area (Å²) in [6, 6.07) is 20.6. The normalized spacial score (nSPS) is 13.1. The number of nitrogens with one attached hydrogen (secondary N) is 2. The van der Waals surface area contributed by atoms with E-state index in [9.17, 15) is 4.39 Å². The maximum Gasteiger partial charge on any atom is 0.245 e. The number of ether oxygens (including phenoxy) is 1. The molecule has 0 aliphatic carbocycles. The van der Waals surface area contributed by atoms with Crippen LogP contribution in [0.15, 0.2) is 84.2 Å². The second-order valence-electron chi connectivity index (χ2n) is 8.13. The average Bonchev–Trinajstić information content (AvgIpc) is 2.93. The van der Waals surface area contributed by atoms with Gasteiger partial charge in [0, 0.05) is 18.8 Å². The number of halogens is 1. The number of morpholine rings is 1. The molecule has 3 heterocycles. The van der Waals surface area contributed by atoms with E-state index >= 15 is 0 Å². The van der Waals surface area contributed by atoms with Gasteiger partial charge in [0.2, 0.25) is 5.95 Å². The lowest BCUT2D eigenvalue weighted by atomic mass is 10.2. The molecular formula is C27H28FN7O2. The van der Waals surface area contributed by atoms with Crippen molar-refractivity contribution in [1.82, 2.24) is 15.0 Å². The molecule has 4 aromatic rings. The van der Waals surface area contributed by atoms with Crippen molar-refractivity contribution in [2.45, 2.75) is 6.92 Å². The van der Waals surface area contributed by atoms with Gasteiger partial charge in [-0.25, -0.2) is 14.8 Å². The summed E-state index contributed by atoms with van der Waals surface area (Å²) in [5.41, 5.74) is 6.47. The van der Waals surface area contributed by atoms with Crippen LogP contribution in [0.5, 0.6) is 5.75 Å². The number of anilines is 4. The third-order valence-electron chi connectivity index (χ3n) is 5.28. The first-order chi connectivity index (χ1) is 18.1. The lowest BCUT2D eigenvalue weighted by Gasteiger charge is -2.27. The van der Waals surface area contributed by atoms with E-state index in [1.807, 2.05) is 54.3 Å². The smallest absolute Gasteiger partial charge is 0.245 e. The molecule has 190 valence electrons. The van der Waals surface area contributed by atoms with Crippen molar-refractivity contribution in [3.63, 3.8) is 0 Å². The highest BCUT2D eigenvalue weighted by atomic mass is 19.1. The fraction of sp³-hybridized carbons (Fsp3) is 0.185. The Hall–Kier alpha value is -4.57. The highest BCUT2D eigenvalue weighted by Crippen LogP contribution is 2.19. The number of hydrogen-bond donors (Lipinski definition) is 3. The lowest BCUT2D eigenvalue weighted by molar-refractivity contribution is 0.122. The molecule has 3 N–H and O–H groups in total. The molecule has 1 saturated heterocycles. The number of rotatable bonds is 6. The van der Waals surface area contributed by atoms with E-state index in [0.29, 0.717) is 37.7 Å². The van der Waals surface area contributed by atoms with Gasteiger partial charge in [-0.2, -0.15) is 10.1 Å². The Morgan fingerprint density at radius 2 is 1.68 bits per heavy atom. The lowest BCUT2D eigenvalue weighted by Crippen LogP contribution is -2.37. The van der Waals surface area contributed by atoms with Crippen LogP contribution in [0.3, 0.4) is 0 Å². The minimum Gasteiger partial charge on any atom is -0.508 e. The number of pyridine rings is 1. The zero-order valence-corrected chi connectivity index (χ0v) is 20.4. The fourth-order valence-electron chi connectivity index (χ4n) is 3.35. The second kappa shape index (κ2) is 12.9. The third kappa shape index (κ3) is 7.97. The maximum atomic E-state index is 14.1. The standard InChI is InChI=1S/C21H22FN7O.C6H6O/c1-15-2-4-16(5-3-15)26-18-7-6-17(23-12-18)13-25-28-21-24-14-19(22)20(27-21)29-8-10-30-11-9-29;7-6-4-2-1-3-5-6/h2-7,12-14,26H,8-11H2,1H3,(H,24,27,28);1-5,7H/b25-13+;. The molecule has 0 spiro atoms. The topological polar surface area (TPSA) is 108 Å². The van der Waals surface area contributed by atoms with Gasteiger partial charge in [-0.1, -0.05) is 35.9 Å². The van der Waals surface area contributed by atoms with Gasteiger partial charge >= 0.3 is 0 Å². The summed E-state index contributed by atoms with van der Waals surface area (Å²) in [6.45, 7) is 4.32. The summed E-state index contributed by atoms with van der Waals surface area (Å²) < 4.78 is 19.4. The molecule has 2 aromatic carbocycles. The van der Waals surface area contributed by atoms with Crippen LogP contribution in [0.4, 0.5) is 27.5 Å². The number of para-hydroxylation sites is 1. The number of nitrogens with zero attached hydrogens (tertiary/aromatic N) is 5. The van der Waals surface area contributed by atoms with E-state index in [1.165, 1.54) is 5.56 Å². The number of aryl methyl sites for hydroxylation is 1. The molecule has 2 aromatic heterocycles. The molecule has 0 amide bonds. The Bertz CT molecular complexity index is 1280. The predicted molar refractivity (Wildman–Crippen MR) is 143 cm³/mol. The predicted octanol–water partition coefficient (Wildman–Crippen LogP) is 4.74. The van der Waals surface area contributed by atoms with Crippen LogP contribution < -0.4 is 15.6 Å². The summed E-state index contributed by atoms with van der Waals surface area (Å²) in [5, 5.41) is 16.0. The zero-order valence-electron chi connectivity index (χ0n) is 20.4. The van der Waals surface area contributed by atoms with Crippen molar-refractivity contribution in [2.24, 2.45) is 5.10 Å². The van der Waals surface area contributed by atoms with E-state index in [1.54, 1.807) is 36.7 Å². The quantitative estimate of drug-likeness (QED) is 0.257. The van der Waals surface area contributed by atoms with Gasteiger partial charge < -0.3 is 20.1 Å². The Morgan fingerprint density at radius 3 is 2.32 bits per heavy atom. The van der Waals surface area contributed by atoms with Crippen LogP contribution in [-0.2, 0) is 4.74 Å². The van der Waals surface area contributed by atoms with Gasteiger partial charge in [-0.05, 0) is 43.3 Å². The molecule has 9 nitrogen and oxygen atoms in total. The number of phenolic OH excluding ortho intramolecular Hbond substituents is 1. The number of phenols is 1. The summed E-state index contributed by atoms with van der Waals surface area (Å²) >= 11 is 0. The number of benzene rings is 2. The Balaban J connectivity index is 0.000000396. The number of aromatic hydroxyl groups is 1. The molecule has 37 heavy (non-hydrogen) atoms. The molecule has 0 atom stereocenters. The molecule has 1 fully saturated rings. The van der Waals surface area contributed by atoms with Crippen molar-refractivity contribution in [1.29, 1.82) is 0 Å². The summed E-state index contributed by atoms with van der Waals surface area (Å²) in [6.07, 6.45) is 4.42. The number of hydrazone groups is 1. The first-order valence-electron chi connectivity index (χ1n) is 11.7. The highest BCUT2D eigenvalue weighted by molar-refractivity contribution is 5.78. The van der Waals surface area contributed by atoms with Crippen molar-refractivity contribution < 1.29 is 14.2 Å². The number of aromatic nitrogens is 3. The molecule has 5 rings (SSSR count). The van der Waals surface area contributed by atoms with Crippen LogP contribution in [0.2, 0.25) is 0 Å². The van der Waals surface area contributed by atoms with E-state index in [0.717, 1.165) is 17.6 Å². The van der Waals surface area contributed by atoms with Crippen LogP contribution in [0.1, 0.15) is 11.3 Å². The van der Waals surface area contributed by atoms with Crippen LogP contribution in [0.25, 0.3) is 0 Å². The van der Waals surface area contributed by atoms with Crippen molar-refractivity contribution in [2.75, 3.05) is 41.9 Å². The van der Waals surface area contributed by atoms with Gasteiger partial charge in [-0.15, -0.1) is 0 Å². The average molecular weight is 502 g/mol. The molecule has 0 unspecified atom stereocenters. The summed E-state index contributed by atoms with van der Waals surface area (Å²) in [4.78, 5) is 14.3. The fourth-order valence-corrected chi connectivity index (χ4v) is 3.35. The first-order valence-corrected chi connectivity index (χ1v) is 11.7. The van der Waals surface area contributed by atoms with E-state index in [4.69, 9.17) is 9.84 Å². The molecule has 0 radical (unpaired) electrons. The van der Waals surface area contributed by atoms with Crippen molar-refractivity contribution >= 4 is 29.4 Å². The van der Waals surface area contributed by atoms with E-state index in [-0.39, 0.29) is 11.8 Å². The van der Waals surface area contributed by atoms with E-state index in [2.05, 4.69) is 30.8 Å². The second-order valence-corrected chi connectivity index (χ2v) is 8.13. The van der Waals surface area contributed by atoms with Gasteiger partial charge in [0.1, 0.15) is 5.75 Å². The van der Waals surface area contributed by atoms with Crippen LogP contribution in [0, 0.1) is 12.7 Å². The monoisotopic (exact) mass is 501 g/mol. The number of hydrogen-bond acceptors (Lipinski definition) is 9. The molecule has 1 aliphatic heterocycles. The van der Waals surface area contributed by atoms with Gasteiger partial charge in [0.15, 0.2) is 11.6 Å². The minimum atomic E-state index is -0.468. The van der Waals surface area contributed by atoms with Gasteiger partial charge in [0.05, 0.1) is 43.2 Å². The van der Waals surface area contributed by atoms with Crippen LogP contribution >= 0.6 is 0 Å². The van der Waals surface area contributed by atoms with Gasteiger partial charge in [-0.3, -0.25) is 4.98 Å². The molecule has 10 heteroatoms.